The zero-order valence-corrected chi connectivity index (χ0v) is 19.9. The van der Waals surface area contributed by atoms with Crippen LogP contribution < -0.4 is 20.9 Å². The maximum absolute atomic E-state index is 12.5. The van der Waals surface area contributed by atoms with Crippen LogP contribution in [-0.4, -0.2) is 45.0 Å². The zero-order chi connectivity index (χ0) is 24.9. The molecule has 11 heteroatoms. The molecule has 2 atom stereocenters. The molecule has 186 valence electrons. The van der Waals surface area contributed by atoms with Crippen molar-refractivity contribution < 1.29 is 24.3 Å². The molecular formula is C23H34N6O5. The summed E-state index contributed by atoms with van der Waals surface area (Å²) in [5.74, 6) is -0.752. The van der Waals surface area contributed by atoms with Crippen molar-refractivity contribution in [3.63, 3.8) is 0 Å². The molecule has 0 aliphatic rings. The molecule has 11 nitrogen and oxygen atoms in total. The lowest BCUT2D eigenvalue weighted by atomic mass is 9.88. The van der Waals surface area contributed by atoms with Gasteiger partial charge in [0.1, 0.15) is 11.4 Å². The SMILES string of the molecule is CCC(C)C(CC(=O)NO)C(=O)NCc1cn(CCCCC(=O)Nc2ccc(OC)cc2)nn1. The third-order valence-corrected chi connectivity index (χ3v) is 5.64. The molecule has 0 aliphatic carbocycles. The van der Waals surface area contributed by atoms with Gasteiger partial charge in [-0.2, -0.15) is 0 Å². The maximum atomic E-state index is 12.5. The third-order valence-electron chi connectivity index (χ3n) is 5.64. The first-order valence-corrected chi connectivity index (χ1v) is 11.4. The second-order valence-corrected chi connectivity index (χ2v) is 8.16. The minimum Gasteiger partial charge on any atom is -0.497 e. The van der Waals surface area contributed by atoms with Crippen LogP contribution in [0, 0.1) is 11.8 Å². The molecule has 2 rings (SSSR count). The number of benzene rings is 1. The maximum Gasteiger partial charge on any atom is 0.244 e. The molecule has 4 N–H and O–H groups in total. The van der Waals surface area contributed by atoms with E-state index >= 15 is 0 Å². The van der Waals surface area contributed by atoms with E-state index in [-0.39, 0.29) is 30.7 Å². The number of ether oxygens (including phenoxy) is 1. The van der Waals surface area contributed by atoms with Crippen LogP contribution in [0.4, 0.5) is 5.69 Å². The van der Waals surface area contributed by atoms with Crippen LogP contribution in [0.3, 0.4) is 0 Å². The van der Waals surface area contributed by atoms with Gasteiger partial charge in [-0.3, -0.25) is 24.3 Å². The van der Waals surface area contributed by atoms with Gasteiger partial charge in [0.15, 0.2) is 0 Å². The number of aromatic nitrogens is 3. The summed E-state index contributed by atoms with van der Waals surface area (Å²) in [4.78, 5) is 36.1. The number of nitrogens with zero attached hydrogens (tertiary/aromatic N) is 3. The Bertz CT molecular complexity index is 930. The highest BCUT2D eigenvalue weighted by molar-refractivity contribution is 5.90. The number of hydrogen-bond acceptors (Lipinski definition) is 7. The highest BCUT2D eigenvalue weighted by atomic mass is 16.5. The van der Waals surface area contributed by atoms with E-state index in [4.69, 9.17) is 9.94 Å². The van der Waals surface area contributed by atoms with Gasteiger partial charge in [0.05, 0.1) is 19.9 Å². The molecule has 0 bridgehead atoms. The zero-order valence-electron chi connectivity index (χ0n) is 19.9. The Balaban J connectivity index is 1.71. The molecule has 0 saturated heterocycles. The summed E-state index contributed by atoms with van der Waals surface area (Å²) in [5, 5.41) is 22.5. The molecule has 34 heavy (non-hydrogen) atoms. The van der Waals surface area contributed by atoms with Crippen molar-refractivity contribution in [1.29, 1.82) is 0 Å². The number of unbranched alkanes of at least 4 members (excludes halogenated alkanes) is 1. The van der Waals surface area contributed by atoms with Gasteiger partial charge in [-0.25, -0.2) is 5.48 Å². The summed E-state index contributed by atoms with van der Waals surface area (Å²) in [6.07, 6.45) is 4.22. The number of rotatable bonds is 14. The Labute approximate surface area is 199 Å². The van der Waals surface area contributed by atoms with Gasteiger partial charge >= 0.3 is 0 Å². The lowest BCUT2D eigenvalue weighted by Crippen LogP contribution is -2.37. The summed E-state index contributed by atoms with van der Waals surface area (Å²) >= 11 is 0. The first kappa shape index (κ1) is 26.8. The van der Waals surface area contributed by atoms with Crippen molar-refractivity contribution in [2.24, 2.45) is 11.8 Å². The fraction of sp³-hybridized carbons (Fsp3) is 0.522. The first-order valence-electron chi connectivity index (χ1n) is 11.4. The normalized spacial score (nSPS) is 12.5. The monoisotopic (exact) mass is 474 g/mol. The molecule has 0 saturated carbocycles. The number of hydrogen-bond donors (Lipinski definition) is 4. The predicted octanol–water partition coefficient (Wildman–Crippen LogP) is 2.27. The summed E-state index contributed by atoms with van der Waals surface area (Å²) in [6.45, 7) is 4.62. The Morgan fingerprint density at radius 3 is 2.53 bits per heavy atom. The van der Waals surface area contributed by atoms with Gasteiger partial charge in [0, 0.05) is 31.0 Å². The van der Waals surface area contributed by atoms with Crippen LogP contribution in [0.25, 0.3) is 0 Å². The van der Waals surface area contributed by atoms with Crippen molar-refractivity contribution >= 4 is 23.4 Å². The first-order chi connectivity index (χ1) is 16.4. The predicted molar refractivity (Wildman–Crippen MR) is 125 cm³/mol. The van der Waals surface area contributed by atoms with E-state index in [1.807, 2.05) is 13.8 Å². The molecule has 0 aliphatic heterocycles. The van der Waals surface area contributed by atoms with Crippen molar-refractivity contribution in [1.82, 2.24) is 25.8 Å². The van der Waals surface area contributed by atoms with Gasteiger partial charge in [-0.15, -0.1) is 5.10 Å². The van der Waals surface area contributed by atoms with Crippen LogP contribution in [-0.2, 0) is 27.5 Å². The smallest absolute Gasteiger partial charge is 0.244 e. The van der Waals surface area contributed by atoms with Crippen molar-refractivity contribution in [3.05, 3.63) is 36.2 Å². The average Bonchev–Trinajstić information content (AvgIpc) is 3.31. The average molecular weight is 475 g/mol. The number of methoxy groups -OCH3 is 1. The van der Waals surface area contributed by atoms with Gasteiger partial charge in [-0.1, -0.05) is 25.5 Å². The number of anilines is 1. The third kappa shape index (κ3) is 8.81. The molecule has 2 unspecified atom stereocenters. The number of carbonyl (C=O) groups excluding carboxylic acids is 3. The van der Waals surface area contributed by atoms with E-state index in [1.54, 1.807) is 47.7 Å². The lowest BCUT2D eigenvalue weighted by Gasteiger charge is -2.21. The van der Waals surface area contributed by atoms with Crippen molar-refractivity contribution in [3.8, 4) is 5.75 Å². The second-order valence-electron chi connectivity index (χ2n) is 8.16. The number of nitrogens with one attached hydrogen (secondary N) is 3. The molecule has 1 aromatic heterocycles. The summed E-state index contributed by atoms with van der Waals surface area (Å²) in [6, 6.07) is 7.16. The van der Waals surface area contributed by atoms with Crippen LogP contribution in [0.1, 0.15) is 51.6 Å². The summed E-state index contributed by atoms with van der Waals surface area (Å²) < 4.78 is 6.77. The fourth-order valence-electron chi connectivity index (χ4n) is 3.38. The standard InChI is InChI=1S/C23H34N6O5/c1-4-16(2)20(13-22(31)27-33)23(32)24-14-18-15-29(28-26-18)12-6-5-7-21(30)25-17-8-10-19(34-3)11-9-17/h8-11,15-16,20,33H,4-7,12-14H2,1-3H3,(H,24,32)(H,25,30)(H,27,31). The van der Waals surface area contributed by atoms with E-state index in [1.165, 1.54) is 0 Å². The molecule has 0 radical (unpaired) electrons. The number of amides is 3. The lowest BCUT2D eigenvalue weighted by molar-refractivity contribution is -0.136. The highest BCUT2D eigenvalue weighted by Crippen LogP contribution is 2.19. The van der Waals surface area contributed by atoms with Crippen molar-refractivity contribution in [2.75, 3.05) is 12.4 Å². The molecular weight excluding hydrogens is 440 g/mol. The number of aryl methyl sites for hydroxylation is 1. The Kier molecular flexibility index (Phi) is 11.0. The second kappa shape index (κ2) is 13.9. The highest BCUT2D eigenvalue weighted by Gasteiger charge is 2.26. The molecule has 1 heterocycles. The summed E-state index contributed by atoms with van der Waals surface area (Å²) in [7, 11) is 1.59. The van der Waals surface area contributed by atoms with Crippen LogP contribution >= 0.6 is 0 Å². The van der Waals surface area contributed by atoms with Crippen LogP contribution in [0.2, 0.25) is 0 Å². The Morgan fingerprint density at radius 2 is 1.88 bits per heavy atom. The Hall–Kier alpha value is -3.47. The van der Waals surface area contributed by atoms with Crippen LogP contribution in [0.15, 0.2) is 30.5 Å². The topological polar surface area (TPSA) is 147 Å². The van der Waals surface area contributed by atoms with Gasteiger partial charge < -0.3 is 15.4 Å². The quantitative estimate of drug-likeness (QED) is 0.186. The molecule has 2 aromatic rings. The molecule has 0 spiro atoms. The fourth-order valence-corrected chi connectivity index (χ4v) is 3.38. The minimum absolute atomic E-state index is 0.0186. The molecule has 3 amide bonds. The summed E-state index contributed by atoms with van der Waals surface area (Å²) in [5.41, 5.74) is 2.90. The largest absolute Gasteiger partial charge is 0.497 e. The number of hydroxylamine groups is 1. The molecule has 1 aromatic carbocycles. The minimum atomic E-state index is -0.593. The van der Waals surface area contributed by atoms with E-state index in [0.29, 0.717) is 25.1 Å². The van der Waals surface area contributed by atoms with Crippen molar-refractivity contribution in [2.45, 2.75) is 59.0 Å². The molecule has 0 fully saturated rings. The van der Waals surface area contributed by atoms with E-state index in [2.05, 4.69) is 20.9 Å². The van der Waals surface area contributed by atoms with Crippen LogP contribution in [0.5, 0.6) is 5.75 Å². The van der Waals surface area contributed by atoms with E-state index in [0.717, 1.165) is 24.3 Å². The Morgan fingerprint density at radius 1 is 1.15 bits per heavy atom. The number of carbonyl (C=O) groups is 3. The van der Waals surface area contributed by atoms with Gasteiger partial charge in [0.25, 0.3) is 0 Å². The van der Waals surface area contributed by atoms with Gasteiger partial charge in [-0.05, 0) is 43.0 Å². The van der Waals surface area contributed by atoms with Gasteiger partial charge in [0.2, 0.25) is 17.7 Å². The van der Waals surface area contributed by atoms with E-state index < -0.39 is 11.8 Å². The van der Waals surface area contributed by atoms with E-state index in [9.17, 15) is 14.4 Å².